The van der Waals surface area contributed by atoms with Crippen LogP contribution >= 0.6 is 0 Å². The number of hydrogen-bond acceptors (Lipinski definition) is 3. The molecule has 0 saturated heterocycles. The first kappa shape index (κ1) is 14.3. The number of hydrogen-bond donors (Lipinski definition) is 2. The van der Waals surface area contributed by atoms with Crippen LogP contribution in [0.3, 0.4) is 0 Å². The standard InChI is InChI=1S/C15H20N4O/c1-3-15(16,4-2)14(20)18-12-6-5-7-13(10-12)19-9-8-17-11-19/h5-11H,3-4,16H2,1-2H3,(H,18,20). The molecule has 1 amide bonds. The Bertz CT molecular complexity index is 573. The monoisotopic (exact) mass is 272 g/mol. The topological polar surface area (TPSA) is 72.9 Å². The molecule has 2 rings (SSSR count). The normalized spacial score (nSPS) is 11.3. The van der Waals surface area contributed by atoms with Crippen molar-refractivity contribution in [2.45, 2.75) is 32.2 Å². The average molecular weight is 272 g/mol. The van der Waals surface area contributed by atoms with Crippen molar-refractivity contribution in [1.82, 2.24) is 9.55 Å². The third-order valence-corrected chi connectivity index (χ3v) is 3.62. The zero-order valence-corrected chi connectivity index (χ0v) is 11.8. The Balaban J connectivity index is 2.19. The van der Waals surface area contributed by atoms with Gasteiger partial charge in [-0.2, -0.15) is 0 Å². The van der Waals surface area contributed by atoms with Gasteiger partial charge in [-0.1, -0.05) is 19.9 Å². The van der Waals surface area contributed by atoms with Crippen molar-refractivity contribution in [3.63, 3.8) is 0 Å². The Morgan fingerprint density at radius 2 is 2.15 bits per heavy atom. The largest absolute Gasteiger partial charge is 0.324 e. The molecule has 0 aliphatic rings. The third kappa shape index (κ3) is 2.88. The fraction of sp³-hybridized carbons (Fsp3) is 0.333. The first-order chi connectivity index (χ1) is 9.59. The summed E-state index contributed by atoms with van der Waals surface area (Å²) in [5.41, 5.74) is 6.95. The van der Waals surface area contributed by atoms with E-state index in [1.807, 2.05) is 48.9 Å². The van der Waals surface area contributed by atoms with Crippen molar-refractivity contribution in [1.29, 1.82) is 0 Å². The van der Waals surface area contributed by atoms with Crippen LogP contribution in [0, 0.1) is 0 Å². The highest BCUT2D eigenvalue weighted by Gasteiger charge is 2.29. The van der Waals surface area contributed by atoms with E-state index in [0.29, 0.717) is 12.8 Å². The highest BCUT2D eigenvalue weighted by atomic mass is 16.2. The highest BCUT2D eigenvalue weighted by molar-refractivity contribution is 5.98. The van der Waals surface area contributed by atoms with Gasteiger partial charge in [-0.15, -0.1) is 0 Å². The summed E-state index contributed by atoms with van der Waals surface area (Å²) in [5.74, 6) is -0.148. The number of imidazole rings is 1. The summed E-state index contributed by atoms with van der Waals surface area (Å²) in [6, 6.07) is 7.59. The molecule has 0 radical (unpaired) electrons. The number of rotatable bonds is 5. The van der Waals surface area contributed by atoms with Crippen LogP contribution in [0.5, 0.6) is 0 Å². The number of nitrogens with zero attached hydrogens (tertiary/aromatic N) is 2. The molecule has 0 fully saturated rings. The molecule has 0 atom stereocenters. The van der Waals surface area contributed by atoms with Gasteiger partial charge < -0.3 is 15.6 Å². The van der Waals surface area contributed by atoms with Gasteiger partial charge in [-0.25, -0.2) is 4.98 Å². The zero-order valence-electron chi connectivity index (χ0n) is 11.8. The van der Waals surface area contributed by atoms with E-state index in [4.69, 9.17) is 5.73 Å². The summed E-state index contributed by atoms with van der Waals surface area (Å²) < 4.78 is 1.88. The molecule has 0 spiro atoms. The number of amides is 1. The molecular formula is C15H20N4O. The van der Waals surface area contributed by atoms with Crippen LogP contribution in [-0.4, -0.2) is 21.0 Å². The number of benzene rings is 1. The number of carbonyl (C=O) groups is 1. The molecule has 1 heterocycles. The summed E-state index contributed by atoms with van der Waals surface area (Å²) in [5, 5.41) is 2.89. The maximum atomic E-state index is 12.2. The first-order valence-electron chi connectivity index (χ1n) is 6.78. The lowest BCUT2D eigenvalue weighted by atomic mass is 9.93. The minimum atomic E-state index is -0.814. The Hall–Kier alpha value is -2.14. The number of aromatic nitrogens is 2. The Morgan fingerprint density at radius 1 is 1.40 bits per heavy atom. The zero-order chi connectivity index (χ0) is 14.6. The number of carbonyl (C=O) groups excluding carboxylic acids is 1. The van der Waals surface area contributed by atoms with Crippen molar-refractivity contribution in [2.75, 3.05) is 5.32 Å². The third-order valence-electron chi connectivity index (χ3n) is 3.62. The molecule has 0 saturated carbocycles. The van der Waals surface area contributed by atoms with Crippen molar-refractivity contribution in [3.05, 3.63) is 43.0 Å². The Kier molecular flexibility index (Phi) is 4.20. The van der Waals surface area contributed by atoms with Crippen LogP contribution in [0.15, 0.2) is 43.0 Å². The van der Waals surface area contributed by atoms with Gasteiger partial charge in [0.1, 0.15) is 0 Å². The second-order valence-electron chi connectivity index (χ2n) is 4.84. The Labute approximate surface area is 118 Å². The molecule has 1 aromatic carbocycles. The molecule has 2 aromatic rings. The minimum absolute atomic E-state index is 0.148. The molecule has 0 unspecified atom stereocenters. The second-order valence-corrected chi connectivity index (χ2v) is 4.84. The van der Waals surface area contributed by atoms with Gasteiger partial charge in [0.15, 0.2) is 0 Å². The molecule has 5 heteroatoms. The van der Waals surface area contributed by atoms with Crippen LogP contribution in [0.25, 0.3) is 5.69 Å². The van der Waals surface area contributed by atoms with E-state index in [9.17, 15) is 4.79 Å². The van der Waals surface area contributed by atoms with E-state index in [1.165, 1.54) is 0 Å². The predicted molar refractivity (Wildman–Crippen MR) is 79.7 cm³/mol. The fourth-order valence-electron chi connectivity index (χ4n) is 1.98. The number of nitrogens with one attached hydrogen (secondary N) is 1. The van der Waals surface area contributed by atoms with Crippen LogP contribution < -0.4 is 11.1 Å². The maximum absolute atomic E-state index is 12.2. The molecule has 0 bridgehead atoms. The van der Waals surface area contributed by atoms with E-state index < -0.39 is 5.54 Å². The van der Waals surface area contributed by atoms with Gasteiger partial charge in [-0.05, 0) is 31.0 Å². The summed E-state index contributed by atoms with van der Waals surface area (Å²) in [4.78, 5) is 16.2. The summed E-state index contributed by atoms with van der Waals surface area (Å²) >= 11 is 0. The Morgan fingerprint density at radius 3 is 2.75 bits per heavy atom. The smallest absolute Gasteiger partial charge is 0.244 e. The molecular weight excluding hydrogens is 252 g/mol. The lowest BCUT2D eigenvalue weighted by molar-refractivity contribution is -0.121. The van der Waals surface area contributed by atoms with Crippen molar-refractivity contribution < 1.29 is 4.79 Å². The minimum Gasteiger partial charge on any atom is -0.324 e. The van der Waals surface area contributed by atoms with E-state index in [1.54, 1.807) is 12.5 Å². The fourth-order valence-corrected chi connectivity index (χ4v) is 1.98. The molecule has 5 nitrogen and oxygen atoms in total. The molecule has 20 heavy (non-hydrogen) atoms. The van der Waals surface area contributed by atoms with Crippen LogP contribution in [0.4, 0.5) is 5.69 Å². The summed E-state index contributed by atoms with van der Waals surface area (Å²) in [7, 11) is 0. The lowest BCUT2D eigenvalue weighted by Gasteiger charge is -2.25. The van der Waals surface area contributed by atoms with Crippen LogP contribution in [-0.2, 0) is 4.79 Å². The average Bonchev–Trinajstić information content (AvgIpc) is 3.01. The number of anilines is 1. The van der Waals surface area contributed by atoms with Gasteiger partial charge in [0.05, 0.1) is 11.9 Å². The number of nitrogens with two attached hydrogens (primary N) is 1. The molecule has 3 N–H and O–H groups in total. The van der Waals surface area contributed by atoms with Gasteiger partial charge in [0, 0.05) is 23.8 Å². The van der Waals surface area contributed by atoms with Gasteiger partial charge in [0.25, 0.3) is 0 Å². The van der Waals surface area contributed by atoms with Crippen molar-refractivity contribution >= 4 is 11.6 Å². The van der Waals surface area contributed by atoms with Crippen LogP contribution in [0.1, 0.15) is 26.7 Å². The molecule has 1 aromatic heterocycles. The maximum Gasteiger partial charge on any atom is 0.244 e. The molecule has 106 valence electrons. The predicted octanol–water partition coefficient (Wildman–Crippen LogP) is 2.33. The van der Waals surface area contributed by atoms with E-state index in [0.717, 1.165) is 11.4 Å². The molecule has 0 aliphatic carbocycles. The highest BCUT2D eigenvalue weighted by Crippen LogP contribution is 2.18. The van der Waals surface area contributed by atoms with Gasteiger partial charge >= 0.3 is 0 Å². The van der Waals surface area contributed by atoms with Crippen molar-refractivity contribution in [3.8, 4) is 5.69 Å². The van der Waals surface area contributed by atoms with E-state index >= 15 is 0 Å². The van der Waals surface area contributed by atoms with Gasteiger partial charge in [-0.3, -0.25) is 4.79 Å². The summed E-state index contributed by atoms with van der Waals surface area (Å²) in [6.07, 6.45) is 6.50. The van der Waals surface area contributed by atoms with Crippen molar-refractivity contribution in [2.24, 2.45) is 5.73 Å². The first-order valence-corrected chi connectivity index (χ1v) is 6.78. The molecule has 0 aliphatic heterocycles. The van der Waals surface area contributed by atoms with E-state index in [2.05, 4.69) is 10.3 Å². The second kappa shape index (κ2) is 5.88. The van der Waals surface area contributed by atoms with E-state index in [-0.39, 0.29) is 5.91 Å². The SMILES string of the molecule is CCC(N)(CC)C(=O)Nc1cccc(-n2ccnc2)c1. The summed E-state index contributed by atoms with van der Waals surface area (Å²) in [6.45, 7) is 3.84. The lowest BCUT2D eigenvalue weighted by Crippen LogP contribution is -2.50. The van der Waals surface area contributed by atoms with Crippen LogP contribution in [0.2, 0.25) is 0 Å². The quantitative estimate of drug-likeness (QED) is 0.877. The van der Waals surface area contributed by atoms with Gasteiger partial charge in [0.2, 0.25) is 5.91 Å².